The molecule has 0 radical (unpaired) electrons. The first-order chi connectivity index (χ1) is 7.15. The average molecular weight is 211 g/mol. The van der Waals surface area contributed by atoms with Crippen LogP contribution in [0.1, 0.15) is 19.5 Å². The maximum Gasteiger partial charge on any atom is 0.236 e. The van der Waals surface area contributed by atoms with Gasteiger partial charge in [0.15, 0.2) is 0 Å². The summed E-state index contributed by atoms with van der Waals surface area (Å²) in [5, 5.41) is 13.4. The van der Waals surface area contributed by atoms with Gasteiger partial charge in [0.1, 0.15) is 0 Å². The van der Waals surface area contributed by atoms with E-state index in [1.807, 2.05) is 20.9 Å². The van der Waals surface area contributed by atoms with Crippen LogP contribution in [0.3, 0.4) is 0 Å². The molecule has 0 saturated heterocycles. The minimum absolute atomic E-state index is 0.00706. The molecule has 1 heterocycles. The van der Waals surface area contributed by atoms with Crippen LogP contribution in [0.25, 0.3) is 0 Å². The summed E-state index contributed by atoms with van der Waals surface area (Å²) in [7, 11) is 1.82. The Morgan fingerprint density at radius 3 is 2.93 bits per heavy atom. The summed E-state index contributed by atoms with van der Waals surface area (Å²) in [6.45, 7) is 4.96. The first-order valence-electron chi connectivity index (χ1n) is 4.99. The van der Waals surface area contributed by atoms with Gasteiger partial charge in [-0.2, -0.15) is 0 Å². The average Bonchev–Trinajstić information content (AvgIpc) is 2.61. The highest BCUT2D eigenvalue weighted by Crippen LogP contribution is 1.93. The first kappa shape index (κ1) is 11.6. The third kappa shape index (κ3) is 3.32. The van der Waals surface area contributed by atoms with E-state index in [-0.39, 0.29) is 11.9 Å². The van der Waals surface area contributed by atoms with E-state index in [0.717, 1.165) is 5.69 Å². The highest BCUT2D eigenvalue weighted by atomic mass is 16.2. The SMILES string of the molecule is CCNC(=O)C(C)NCc1cnnn1C. The van der Waals surface area contributed by atoms with Gasteiger partial charge < -0.3 is 10.6 Å². The van der Waals surface area contributed by atoms with Crippen molar-refractivity contribution >= 4 is 5.91 Å². The number of hydrogen-bond donors (Lipinski definition) is 2. The van der Waals surface area contributed by atoms with Crippen molar-refractivity contribution in [2.24, 2.45) is 7.05 Å². The fourth-order valence-electron chi connectivity index (χ4n) is 1.15. The molecule has 1 amide bonds. The molecule has 0 saturated carbocycles. The molecule has 6 nitrogen and oxygen atoms in total. The Kier molecular flexibility index (Phi) is 4.23. The molecule has 0 aromatic carbocycles. The first-order valence-corrected chi connectivity index (χ1v) is 4.99. The molecule has 1 unspecified atom stereocenters. The zero-order chi connectivity index (χ0) is 11.3. The van der Waals surface area contributed by atoms with Crippen molar-refractivity contribution in [3.05, 3.63) is 11.9 Å². The highest BCUT2D eigenvalue weighted by molar-refractivity contribution is 5.81. The van der Waals surface area contributed by atoms with Gasteiger partial charge in [0.05, 0.1) is 17.9 Å². The smallest absolute Gasteiger partial charge is 0.236 e. The number of carbonyl (C=O) groups excluding carboxylic acids is 1. The van der Waals surface area contributed by atoms with Crippen LogP contribution in [0.15, 0.2) is 6.20 Å². The molecule has 1 aromatic rings. The standard InChI is InChI=1S/C9H17N5O/c1-4-10-9(15)7(2)11-5-8-6-12-13-14(8)3/h6-7,11H,4-5H2,1-3H3,(H,10,15). The van der Waals surface area contributed by atoms with Gasteiger partial charge in [-0.05, 0) is 13.8 Å². The van der Waals surface area contributed by atoms with Crippen molar-refractivity contribution in [3.8, 4) is 0 Å². The number of aryl methyl sites for hydroxylation is 1. The van der Waals surface area contributed by atoms with E-state index in [4.69, 9.17) is 0 Å². The van der Waals surface area contributed by atoms with Crippen LogP contribution in [0.2, 0.25) is 0 Å². The van der Waals surface area contributed by atoms with E-state index in [1.165, 1.54) is 0 Å². The largest absolute Gasteiger partial charge is 0.355 e. The molecule has 6 heteroatoms. The zero-order valence-corrected chi connectivity index (χ0v) is 9.32. The van der Waals surface area contributed by atoms with Crippen molar-refractivity contribution in [2.45, 2.75) is 26.4 Å². The molecule has 0 aliphatic heterocycles. The second-order valence-corrected chi connectivity index (χ2v) is 3.35. The number of rotatable bonds is 5. The van der Waals surface area contributed by atoms with Crippen molar-refractivity contribution in [2.75, 3.05) is 6.54 Å². The van der Waals surface area contributed by atoms with E-state index < -0.39 is 0 Å². The molecular formula is C9H17N5O. The molecule has 84 valence electrons. The minimum Gasteiger partial charge on any atom is -0.355 e. The van der Waals surface area contributed by atoms with Crippen molar-refractivity contribution < 1.29 is 4.79 Å². The molecule has 0 bridgehead atoms. The van der Waals surface area contributed by atoms with Crippen LogP contribution in [0.5, 0.6) is 0 Å². The second-order valence-electron chi connectivity index (χ2n) is 3.35. The molecule has 0 spiro atoms. The summed E-state index contributed by atoms with van der Waals surface area (Å²) in [6.07, 6.45) is 1.68. The lowest BCUT2D eigenvalue weighted by atomic mass is 10.3. The predicted molar refractivity (Wildman–Crippen MR) is 56.0 cm³/mol. The summed E-state index contributed by atoms with van der Waals surface area (Å²) in [6, 6.07) is -0.208. The third-order valence-electron chi connectivity index (χ3n) is 2.14. The minimum atomic E-state index is -0.208. The Morgan fingerprint density at radius 1 is 1.67 bits per heavy atom. The van der Waals surface area contributed by atoms with Crippen LogP contribution in [0.4, 0.5) is 0 Å². The van der Waals surface area contributed by atoms with Crippen LogP contribution >= 0.6 is 0 Å². The van der Waals surface area contributed by atoms with Crippen molar-refractivity contribution in [3.63, 3.8) is 0 Å². The van der Waals surface area contributed by atoms with E-state index in [2.05, 4.69) is 20.9 Å². The van der Waals surface area contributed by atoms with E-state index in [1.54, 1.807) is 10.9 Å². The zero-order valence-electron chi connectivity index (χ0n) is 9.32. The monoisotopic (exact) mass is 211 g/mol. The topological polar surface area (TPSA) is 71.8 Å². The Hall–Kier alpha value is -1.43. The Balaban J connectivity index is 2.37. The van der Waals surface area contributed by atoms with E-state index in [0.29, 0.717) is 13.1 Å². The number of carbonyl (C=O) groups is 1. The van der Waals surface area contributed by atoms with E-state index in [9.17, 15) is 4.79 Å². The molecule has 0 aliphatic rings. The van der Waals surface area contributed by atoms with Crippen molar-refractivity contribution in [1.82, 2.24) is 25.6 Å². The molecule has 15 heavy (non-hydrogen) atoms. The summed E-state index contributed by atoms with van der Waals surface area (Å²) >= 11 is 0. The normalized spacial score (nSPS) is 12.5. The maximum absolute atomic E-state index is 11.4. The lowest BCUT2D eigenvalue weighted by Gasteiger charge is -2.12. The predicted octanol–water partition coefficient (Wildman–Crippen LogP) is -0.571. The van der Waals surface area contributed by atoms with Gasteiger partial charge in [-0.3, -0.25) is 9.48 Å². The Bertz CT molecular complexity index is 322. The number of amides is 1. The maximum atomic E-state index is 11.4. The van der Waals surface area contributed by atoms with Crippen LogP contribution < -0.4 is 10.6 Å². The van der Waals surface area contributed by atoms with Gasteiger partial charge in [-0.15, -0.1) is 5.10 Å². The quantitative estimate of drug-likeness (QED) is 0.684. The van der Waals surface area contributed by atoms with Crippen LogP contribution in [0, 0.1) is 0 Å². The summed E-state index contributed by atoms with van der Waals surface area (Å²) in [5.74, 6) is 0.00706. The van der Waals surface area contributed by atoms with Crippen molar-refractivity contribution in [1.29, 1.82) is 0 Å². The summed E-state index contributed by atoms with van der Waals surface area (Å²) in [4.78, 5) is 11.4. The van der Waals surface area contributed by atoms with Crippen LogP contribution in [-0.2, 0) is 18.4 Å². The lowest BCUT2D eigenvalue weighted by molar-refractivity contribution is -0.122. The Labute approximate surface area is 89.0 Å². The molecule has 2 N–H and O–H groups in total. The molecule has 1 rings (SSSR count). The third-order valence-corrected chi connectivity index (χ3v) is 2.14. The summed E-state index contributed by atoms with van der Waals surface area (Å²) in [5.41, 5.74) is 0.950. The molecular weight excluding hydrogens is 194 g/mol. The van der Waals surface area contributed by atoms with Crippen LogP contribution in [-0.4, -0.2) is 33.5 Å². The Morgan fingerprint density at radius 2 is 2.40 bits per heavy atom. The van der Waals surface area contributed by atoms with Gasteiger partial charge in [0.25, 0.3) is 0 Å². The number of nitrogens with zero attached hydrogens (tertiary/aromatic N) is 3. The van der Waals surface area contributed by atoms with Gasteiger partial charge in [-0.25, -0.2) is 0 Å². The number of likely N-dealkylation sites (N-methyl/N-ethyl adjacent to an activating group) is 1. The summed E-state index contributed by atoms with van der Waals surface area (Å²) < 4.78 is 1.68. The van der Waals surface area contributed by atoms with Gasteiger partial charge >= 0.3 is 0 Å². The molecule has 0 fully saturated rings. The van der Waals surface area contributed by atoms with Gasteiger partial charge in [0, 0.05) is 20.1 Å². The number of aromatic nitrogens is 3. The van der Waals surface area contributed by atoms with Gasteiger partial charge in [-0.1, -0.05) is 5.21 Å². The highest BCUT2D eigenvalue weighted by Gasteiger charge is 2.11. The molecule has 1 aromatic heterocycles. The number of hydrogen-bond acceptors (Lipinski definition) is 4. The lowest BCUT2D eigenvalue weighted by Crippen LogP contribution is -2.41. The molecule has 0 aliphatic carbocycles. The fourth-order valence-corrected chi connectivity index (χ4v) is 1.15. The van der Waals surface area contributed by atoms with Gasteiger partial charge in [0.2, 0.25) is 5.91 Å². The van der Waals surface area contributed by atoms with E-state index >= 15 is 0 Å². The fraction of sp³-hybridized carbons (Fsp3) is 0.667. The number of nitrogens with one attached hydrogen (secondary N) is 2. The second kappa shape index (κ2) is 5.45. The molecule has 1 atom stereocenters.